The first-order chi connectivity index (χ1) is 12.1. The molecule has 25 heavy (non-hydrogen) atoms. The highest BCUT2D eigenvalue weighted by Crippen LogP contribution is 2.45. The number of nitrogens with one attached hydrogen (secondary N) is 1. The van der Waals surface area contributed by atoms with E-state index in [2.05, 4.69) is 35.3 Å². The largest absolute Gasteiger partial charge is 0.369 e. The lowest BCUT2D eigenvalue weighted by Crippen LogP contribution is -2.44. The van der Waals surface area contributed by atoms with Crippen molar-refractivity contribution >= 4 is 17.2 Å². The number of hydrogen-bond acceptors (Lipinski definition) is 5. The molecule has 4 rings (SSSR count). The zero-order chi connectivity index (χ0) is 17.4. The molecule has 0 bridgehead atoms. The molecule has 0 aromatic carbocycles. The van der Waals surface area contributed by atoms with Crippen LogP contribution in [-0.2, 0) is 16.8 Å². The van der Waals surface area contributed by atoms with E-state index >= 15 is 0 Å². The molecule has 4 heterocycles. The standard InChI is InChI=1S/C19H29N3O2S/c1-21-8-3-15(4-9-21)20-18(23)16-13-14-5-12-24-19(17(14)25-16)6-10-22(2)11-7-19/h13,15H,3-12H2,1-2H3,(H,20,23). The summed E-state index contributed by atoms with van der Waals surface area (Å²) in [6.45, 7) is 5.04. The molecule has 1 spiro atoms. The van der Waals surface area contributed by atoms with E-state index in [1.165, 1.54) is 10.4 Å². The molecular weight excluding hydrogens is 334 g/mol. The second-order valence-corrected chi connectivity index (χ2v) is 8.96. The maximum absolute atomic E-state index is 12.8. The molecule has 3 aliphatic heterocycles. The molecule has 138 valence electrons. The fourth-order valence-electron chi connectivity index (χ4n) is 4.29. The third-order valence-corrected chi connectivity index (χ3v) is 7.41. The Balaban J connectivity index is 1.49. The van der Waals surface area contributed by atoms with Gasteiger partial charge in [-0.1, -0.05) is 0 Å². The van der Waals surface area contributed by atoms with Gasteiger partial charge in [0.25, 0.3) is 5.91 Å². The van der Waals surface area contributed by atoms with Gasteiger partial charge in [0.2, 0.25) is 0 Å². The molecule has 1 aromatic heterocycles. The second-order valence-electron chi connectivity index (χ2n) is 7.91. The van der Waals surface area contributed by atoms with Crippen molar-refractivity contribution in [3.8, 4) is 0 Å². The Bertz CT molecular complexity index is 629. The third-order valence-electron chi connectivity index (χ3n) is 6.04. The summed E-state index contributed by atoms with van der Waals surface area (Å²) in [5, 5.41) is 3.26. The SMILES string of the molecule is CN1CCC(NC(=O)c2cc3c(s2)C2(CCN(C)CC2)OCC3)CC1. The van der Waals surface area contributed by atoms with E-state index < -0.39 is 0 Å². The number of nitrogens with zero attached hydrogens (tertiary/aromatic N) is 2. The van der Waals surface area contributed by atoms with Crippen LogP contribution in [0.5, 0.6) is 0 Å². The summed E-state index contributed by atoms with van der Waals surface area (Å²) in [4.78, 5) is 19.7. The van der Waals surface area contributed by atoms with Crippen molar-refractivity contribution in [2.45, 2.75) is 43.7 Å². The Hall–Kier alpha value is -0.950. The molecule has 5 nitrogen and oxygen atoms in total. The van der Waals surface area contributed by atoms with Crippen molar-refractivity contribution in [3.05, 3.63) is 21.4 Å². The molecule has 0 radical (unpaired) electrons. The van der Waals surface area contributed by atoms with E-state index in [0.29, 0.717) is 6.04 Å². The minimum atomic E-state index is -0.142. The van der Waals surface area contributed by atoms with Crippen LogP contribution in [0.15, 0.2) is 6.07 Å². The van der Waals surface area contributed by atoms with Gasteiger partial charge in [-0.2, -0.15) is 0 Å². The van der Waals surface area contributed by atoms with E-state index in [-0.39, 0.29) is 11.5 Å². The quantitative estimate of drug-likeness (QED) is 0.874. The molecular formula is C19H29N3O2S. The predicted octanol–water partition coefficient (Wildman–Crippen LogP) is 2.07. The summed E-state index contributed by atoms with van der Waals surface area (Å²) in [5.74, 6) is 0.108. The summed E-state index contributed by atoms with van der Waals surface area (Å²) in [6.07, 6.45) is 5.10. The Morgan fingerprint density at radius 3 is 2.60 bits per heavy atom. The summed E-state index contributed by atoms with van der Waals surface area (Å²) in [6, 6.07) is 2.45. The van der Waals surface area contributed by atoms with E-state index in [9.17, 15) is 4.79 Å². The number of hydrogen-bond donors (Lipinski definition) is 1. The third kappa shape index (κ3) is 3.50. The normalized spacial score (nSPS) is 25.0. The summed E-state index contributed by atoms with van der Waals surface area (Å²) >= 11 is 1.67. The monoisotopic (exact) mass is 363 g/mol. The average molecular weight is 364 g/mol. The fraction of sp³-hybridized carbons (Fsp3) is 0.737. The van der Waals surface area contributed by atoms with Crippen LogP contribution in [0.3, 0.4) is 0 Å². The number of rotatable bonds is 2. The molecule has 0 unspecified atom stereocenters. The zero-order valence-corrected chi connectivity index (χ0v) is 16.2. The lowest BCUT2D eigenvalue weighted by molar-refractivity contribution is -0.0921. The molecule has 3 aliphatic rings. The molecule has 2 fully saturated rings. The second kappa shape index (κ2) is 6.99. The number of amides is 1. The molecule has 1 aromatic rings. The first-order valence-corrected chi connectivity index (χ1v) is 10.3. The Labute approximate surface area is 154 Å². The number of fused-ring (bicyclic) bond motifs is 2. The van der Waals surface area contributed by atoms with Gasteiger partial charge in [-0.25, -0.2) is 0 Å². The topological polar surface area (TPSA) is 44.8 Å². The Morgan fingerprint density at radius 1 is 1.20 bits per heavy atom. The first kappa shape index (κ1) is 17.5. The minimum absolute atomic E-state index is 0.108. The van der Waals surface area contributed by atoms with Gasteiger partial charge in [-0.3, -0.25) is 4.79 Å². The highest BCUT2D eigenvalue weighted by atomic mass is 32.1. The molecule has 2 saturated heterocycles. The molecule has 6 heteroatoms. The van der Waals surface area contributed by atoms with Crippen LogP contribution in [0, 0.1) is 0 Å². The maximum atomic E-state index is 12.8. The molecule has 1 amide bonds. The Kier molecular flexibility index (Phi) is 4.88. The van der Waals surface area contributed by atoms with Crippen LogP contribution in [0.25, 0.3) is 0 Å². The van der Waals surface area contributed by atoms with Crippen molar-refractivity contribution in [3.63, 3.8) is 0 Å². The van der Waals surface area contributed by atoms with Crippen LogP contribution in [0.4, 0.5) is 0 Å². The van der Waals surface area contributed by atoms with E-state index in [1.807, 2.05) is 0 Å². The van der Waals surface area contributed by atoms with E-state index in [0.717, 1.165) is 69.8 Å². The van der Waals surface area contributed by atoms with Gasteiger partial charge in [-0.15, -0.1) is 11.3 Å². The number of thiophene rings is 1. The van der Waals surface area contributed by atoms with Gasteiger partial charge < -0.3 is 19.9 Å². The lowest BCUT2D eigenvalue weighted by atomic mass is 9.85. The molecule has 1 N–H and O–H groups in total. The summed E-state index contributed by atoms with van der Waals surface area (Å²) in [5.41, 5.74) is 1.20. The lowest BCUT2D eigenvalue weighted by Gasteiger charge is -2.42. The molecule has 0 aliphatic carbocycles. The number of carbonyl (C=O) groups excluding carboxylic acids is 1. The van der Waals surface area contributed by atoms with Gasteiger partial charge in [0.1, 0.15) is 5.60 Å². The summed E-state index contributed by atoms with van der Waals surface area (Å²) in [7, 11) is 4.32. The number of piperidine rings is 2. The first-order valence-electron chi connectivity index (χ1n) is 9.51. The van der Waals surface area contributed by atoms with Gasteiger partial charge in [0, 0.05) is 24.0 Å². The van der Waals surface area contributed by atoms with Crippen LogP contribution in [0.2, 0.25) is 0 Å². The van der Waals surface area contributed by atoms with Gasteiger partial charge in [-0.05, 0) is 70.9 Å². The highest BCUT2D eigenvalue weighted by Gasteiger charge is 2.42. The fourth-order valence-corrected chi connectivity index (χ4v) is 5.61. The Morgan fingerprint density at radius 2 is 1.88 bits per heavy atom. The van der Waals surface area contributed by atoms with Gasteiger partial charge in [0.15, 0.2) is 0 Å². The van der Waals surface area contributed by atoms with Crippen molar-refractivity contribution in [2.24, 2.45) is 0 Å². The van der Waals surface area contributed by atoms with Crippen molar-refractivity contribution in [2.75, 3.05) is 46.9 Å². The average Bonchev–Trinajstić information content (AvgIpc) is 3.06. The van der Waals surface area contributed by atoms with Crippen LogP contribution in [0.1, 0.15) is 45.8 Å². The summed E-state index contributed by atoms with van der Waals surface area (Å²) < 4.78 is 6.28. The van der Waals surface area contributed by atoms with E-state index in [4.69, 9.17) is 4.74 Å². The van der Waals surface area contributed by atoms with Crippen LogP contribution >= 0.6 is 11.3 Å². The van der Waals surface area contributed by atoms with E-state index in [1.54, 1.807) is 11.3 Å². The van der Waals surface area contributed by atoms with Crippen LogP contribution < -0.4 is 5.32 Å². The number of carbonyl (C=O) groups is 1. The zero-order valence-electron chi connectivity index (χ0n) is 15.3. The predicted molar refractivity (Wildman–Crippen MR) is 100 cm³/mol. The number of ether oxygens (including phenoxy) is 1. The highest BCUT2D eigenvalue weighted by molar-refractivity contribution is 7.14. The van der Waals surface area contributed by atoms with Gasteiger partial charge >= 0.3 is 0 Å². The minimum Gasteiger partial charge on any atom is -0.369 e. The maximum Gasteiger partial charge on any atom is 0.261 e. The molecule has 0 saturated carbocycles. The van der Waals surface area contributed by atoms with Crippen molar-refractivity contribution in [1.82, 2.24) is 15.1 Å². The van der Waals surface area contributed by atoms with Gasteiger partial charge in [0.05, 0.1) is 11.5 Å². The van der Waals surface area contributed by atoms with Crippen molar-refractivity contribution < 1.29 is 9.53 Å². The molecule has 0 atom stereocenters. The number of likely N-dealkylation sites (tertiary alicyclic amines) is 2. The smallest absolute Gasteiger partial charge is 0.261 e. The van der Waals surface area contributed by atoms with Crippen molar-refractivity contribution in [1.29, 1.82) is 0 Å². The van der Waals surface area contributed by atoms with Crippen LogP contribution in [-0.4, -0.2) is 68.6 Å².